The van der Waals surface area contributed by atoms with Crippen molar-refractivity contribution in [3.05, 3.63) is 57.9 Å². The second-order valence-corrected chi connectivity index (χ2v) is 14.1. The van der Waals surface area contributed by atoms with Crippen molar-refractivity contribution in [2.75, 3.05) is 52.6 Å². The molecule has 0 bridgehead atoms. The molecule has 1 aromatic heterocycles. The van der Waals surface area contributed by atoms with Gasteiger partial charge in [-0.25, -0.2) is 0 Å². The third kappa shape index (κ3) is 6.70. The molecule has 2 saturated heterocycles. The van der Waals surface area contributed by atoms with E-state index in [0.29, 0.717) is 69.6 Å². The summed E-state index contributed by atoms with van der Waals surface area (Å²) in [6.45, 7) is 10.5. The summed E-state index contributed by atoms with van der Waals surface area (Å²) >= 11 is 8.35. The van der Waals surface area contributed by atoms with Crippen molar-refractivity contribution >= 4 is 41.1 Å². The smallest absolute Gasteiger partial charge is 0.257 e. The number of hydrogen-bond donors (Lipinski definition) is 1. The topological polar surface area (TPSA) is 118 Å². The minimum atomic E-state index is -0.290. The van der Waals surface area contributed by atoms with Crippen LogP contribution in [-0.4, -0.2) is 107 Å². The van der Waals surface area contributed by atoms with Gasteiger partial charge in [-0.3, -0.25) is 29.2 Å². The number of likely N-dealkylation sites (tertiary alicyclic amines) is 1. The van der Waals surface area contributed by atoms with Crippen molar-refractivity contribution in [2.24, 2.45) is 11.7 Å². The second-order valence-electron chi connectivity index (χ2n) is 12.3. The molecule has 12 heteroatoms. The van der Waals surface area contributed by atoms with Gasteiger partial charge in [0.25, 0.3) is 5.91 Å². The normalized spacial score (nSPS) is 24.2. The largest absolute Gasteiger partial charge is 0.378 e. The Morgan fingerprint density at radius 1 is 1.11 bits per heavy atom. The monoisotopic (exact) mass is 653 g/mol. The number of ether oxygens (including phenoxy) is 2. The zero-order valence-electron chi connectivity index (χ0n) is 26.0. The van der Waals surface area contributed by atoms with Crippen LogP contribution in [-0.2, 0) is 36.8 Å². The molecule has 3 amide bonds. The first kappa shape index (κ1) is 32.2. The van der Waals surface area contributed by atoms with E-state index in [2.05, 4.69) is 30.7 Å². The van der Waals surface area contributed by atoms with E-state index in [1.807, 2.05) is 29.3 Å². The Kier molecular flexibility index (Phi) is 9.65. The molecule has 240 valence electrons. The number of imide groups is 1. The first-order valence-electron chi connectivity index (χ1n) is 15.6. The molecule has 6 rings (SSSR count). The number of carbonyl (C=O) groups is 3. The van der Waals surface area contributed by atoms with Crippen LogP contribution in [0.1, 0.15) is 30.7 Å². The summed E-state index contributed by atoms with van der Waals surface area (Å²) in [7, 11) is 0. The lowest BCUT2D eigenvalue weighted by Gasteiger charge is -2.45. The highest BCUT2D eigenvalue weighted by Crippen LogP contribution is 2.46. The number of rotatable bonds is 12. The number of piperazine rings is 1. The van der Waals surface area contributed by atoms with Crippen LogP contribution in [0.15, 0.2) is 40.9 Å². The van der Waals surface area contributed by atoms with Crippen LogP contribution in [0.2, 0.25) is 5.02 Å². The van der Waals surface area contributed by atoms with Gasteiger partial charge in [0, 0.05) is 78.2 Å². The van der Waals surface area contributed by atoms with E-state index in [-0.39, 0.29) is 47.6 Å². The number of pyridine rings is 1. The van der Waals surface area contributed by atoms with E-state index in [1.165, 1.54) is 10.5 Å². The zero-order chi connectivity index (χ0) is 31.8. The third-order valence-corrected chi connectivity index (χ3v) is 10.6. The molecule has 2 fully saturated rings. The number of thioether (sulfide) groups is 1. The van der Waals surface area contributed by atoms with Crippen molar-refractivity contribution in [2.45, 2.75) is 56.0 Å². The Morgan fingerprint density at radius 2 is 1.87 bits per heavy atom. The predicted octanol–water partition coefficient (Wildman–Crippen LogP) is 3.07. The molecule has 3 aliphatic heterocycles. The summed E-state index contributed by atoms with van der Waals surface area (Å²) in [5, 5.41) is 0.721. The molecule has 0 spiro atoms. The molecule has 4 aliphatic rings. The van der Waals surface area contributed by atoms with Crippen LogP contribution in [0, 0.1) is 12.8 Å². The predicted molar refractivity (Wildman–Crippen MR) is 173 cm³/mol. The zero-order valence-corrected chi connectivity index (χ0v) is 27.5. The second kappa shape index (κ2) is 13.5. The van der Waals surface area contributed by atoms with Crippen molar-refractivity contribution in [3.8, 4) is 11.1 Å². The van der Waals surface area contributed by atoms with Gasteiger partial charge >= 0.3 is 0 Å². The van der Waals surface area contributed by atoms with Gasteiger partial charge in [0.2, 0.25) is 11.8 Å². The molecule has 4 heterocycles. The first-order valence-corrected chi connectivity index (χ1v) is 16.8. The van der Waals surface area contributed by atoms with Gasteiger partial charge in [-0.1, -0.05) is 17.7 Å². The van der Waals surface area contributed by atoms with Crippen molar-refractivity contribution in [3.63, 3.8) is 0 Å². The van der Waals surface area contributed by atoms with Crippen LogP contribution in [0.5, 0.6) is 0 Å². The summed E-state index contributed by atoms with van der Waals surface area (Å²) in [6, 6.07) is 6.34. The first-order chi connectivity index (χ1) is 21.7. The summed E-state index contributed by atoms with van der Waals surface area (Å²) in [6.07, 6.45) is 4.28. The van der Waals surface area contributed by atoms with Gasteiger partial charge in [-0.05, 0) is 61.2 Å². The van der Waals surface area contributed by atoms with Gasteiger partial charge in [0.15, 0.2) is 0 Å². The summed E-state index contributed by atoms with van der Waals surface area (Å²) in [4.78, 5) is 49.6. The quantitative estimate of drug-likeness (QED) is 0.272. The van der Waals surface area contributed by atoms with Crippen LogP contribution < -0.4 is 5.73 Å². The number of nitrogens with zero attached hydrogens (tertiary/aromatic N) is 4. The molecule has 45 heavy (non-hydrogen) atoms. The van der Waals surface area contributed by atoms with Crippen LogP contribution in [0.4, 0.5) is 0 Å². The van der Waals surface area contributed by atoms with Gasteiger partial charge < -0.3 is 20.1 Å². The lowest BCUT2D eigenvalue weighted by molar-refractivity contribution is -0.141. The highest BCUT2D eigenvalue weighted by atomic mass is 35.5. The highest BCUT2D eigenvalue weighted by molar-refractivity contribution is 8.00. The Hall–Kier alpha value is -2.80. The van der Waals surface area contributed by atoms with Crippen molar-refractivity contribution < 1.29 is 23.9 Å². The third-order valence-electron chi connectivity index (χ3n) is 9.05. The molecular weight excluding hydrogens is 614 g/mol. The molecule has 1 aliphatic carbocycles. The minimum Gasteiger partial charge on any atom is -0.378 e. The van der Waals surface area contributed by atoms with Crippen molar-refractivity contribution in [1.82, 2.24) is 19.7 Å². The fraction of sp³-hybridized carbons (Fsp3) is 0.515. The van der Waals surface area contributed by atoms with Crippen LogP contribution in [0.25, 0.3) is 11.1 Å². The van der Waals surface area contributed by atoms with E-state index in [0.717, 1.165) is 27.3 Å². The number of halogens is 1. The molecule has 2 aromatic rings. The van der Waals surface area contributed by atoms with Gasteiger partial charge in [-0.15, -0.1) is 11.8 Å². The van der Waals surface area contributed by atoms with Gasteiger partial charge in [-0.2, -0.15) is 0 Å². The molecule has 2 unspecified atom stereocenters. The van der Waals surface area contributed by atoms with E-state index in [9.17, 15) is 14.4 Å². The lowest BCUT2D eigenvalue weighted by Crippen LogP contribution is -2.58. The maximum Gasteiger partial charge on any atom is 0.257 e. The standard InChI is InChI=1S/C33H40ClN5O5S/c1-19-10-22(34)11-25(24-4-6-36-29-12-23(45-31(24)29)16-39-32(41)26-13-27(26)33(39)42)28(19)17-38-20(2)14-37(15-21(38)3)30(40)18-44-9-8-43-7-5-35/h4,6,10-11,13,20-21,23,26H,5,7-9,12,14-18,35H2,1-3H3/t20-,21-,23?,26?/m0/s1. The fourth-order valence-electron chi connectivity index (χ4n) is 6.68. The maximum atomic E-state index is 12.9. The summed E-state index contributed by atoms with van der Waals surface area (Å²) in [5.74, 6) is -0.548. The van der Waals surface area contributed by atoms with E-state index in [4.69, 9.17) is 26.8 Å². The molecule has 0 saturated carbocycles. The van der Waals surface area contributed by atoms with Gasteiger partial charge in [0.1, 0.15) is 6.61 Å². The average Bonchev–Trinajstić information content (AvgIpc) is 3.64. The Balaban J connectivity index is 1.15. The number of aromatic nitrogens is 1. The number of benzene rings is 1. The van der Waals surface area contributed by atoms with Crippen LogP contribution in [0.3, 0.4) is 0 Å². The van der Waals surface area contributed by atoms with E-state index in [1.54, 1.807) is 17.8 Å². The minimum absolute atomic E-state index is 0.0134. The van der Waals surface area contributed by atoms with Crippen molar-refractivity contribution in [1.29, 1.82) is 0 Å². The molecule has 10 nitrogen and oxygen atoms in total. The fourth-order valence-corrected chi connectivity index (χ4v) is 8.33. The van der Waals surface area contributed by atoms with Gasteiger partial charge in [0.05, 0.1) is 31.4 Å². The average molecular weight is 654 g/mol. The number of aryl methyl sites for hydroxylation is 1. The molecule has 0 radical (unpaired) electrons. The number of nitrogens with two attached hydrogens (primary N) is 1. The maximum absolute atomic E-state index is 12.9. The number of amides is 3. The van der Waals surface area contributed by atoms with Crippen LogP contribution >= 0.6 is 23.4 Å². The molecule has 2 N–H and O–H groups in total. The molecule has 4 atom stereocenters. The highest BCUT2D eigenvalue weighted by Gasteiger charge is 2.51. The molecule has 1 aromatic carbocycles. The Labute approximate surface area is 273 Å². The Bertz CT molecular complexity index is 1520. The van der Waals surface area contributed by atoms with E-state index < -0.39 is 0 Å². The molecular formula is C33H40ClN5O5S. The van der Waals surface area contributed by atoms with E-state index >= 15 is 0 Å². The summed E-state index contributed by atoms with van der Waals surface area (Å²) < 4.78 is 10.9. The SMILES string of the molecule is Cc1cc(Cl)cc(-c2ccnc3c2SC(CN2C(=O)C4=CC4C2=O)C3)c1CN1[C@@H](C)CN(C(=O)COCCOCCN)C[C@@H]1C. The number of fused-ring (bicyclic) bond motifs is 2. The number of carbonyl (C=O) groups excluding carboxylic acids is 3. The number of hydrogen-bond acceptors (Lipinski definition) is 9. The Morgan fingerprint density at radius 3 is 2.58 bits per heavy atom. The summed E-state index contributed by atoms with van der Waals surface area (Å²) in [5.41, 5.74) is 11.5. The lowest BCUT2D eigenvalue weighted by atomic mass is 9.94.